The monoisotopic (exact) mass is 413 g/mol. The number of rotatable bonds is 4. The molecule has 1 aromatic heterocycles. The first-order valence-electron chi connectivity index (χ1n) is 9.70. The van der Waals surface area contributed by atoms with Crippen molar-refractivity contribution in [1.29, 1.82) is 0 Å². The molecule has 1 aliphatic carbocycles. The topological polar surface area (TPSA) is 95.5 Å². The molecule has 1 N–H and O–H groups in total. The van der Waals surface area contributed by atoms with Gasteiger partial charge in [0, 0.05) is 23.7 Å². The molecule has 1 saturated carbocycles. The summed E-state index contributed by atoms with van der Waals surface area (Å²) in [5.41, 5.74) is 2.30. The third kappa shape index (κ3) is 3.39. The second-order valence-electron chi connectivity index (χ2n) is 7.69. The Morgan fingerprint density at radius 2 is 2.00 bits per heavy atom. The third-order valence-corrected chi connectivity index (χ3v) is 6.46. The predicted octanol–water partition coefficient (Wildman–Crippen LogP) is 3.05. The number of carbonyl (C=O) groups is 3. The Kier molecular flexibility index (Phi) is 5.08. The van der Waals surface area contributed by atoms with Gasteiger partial charge in [-0.3, -0.25) is 14.5 Å². The molecule has 9 heteroatoms. The number of nitrogens with one attached hydrogen (secondary N) is 1. The molecule has 1 spiro atoms. The number of aromatic nitrogens is 2. The van der Waals surface area contributed by atoms with E-state index in [4.69, 9.17) is 0 Å². The van der Waals surface area contributed by atoms with Crippen LogP contribution in [0.4, 0.5) is 10.5 Å². The fourth-order valence-electron chi connectivity index (χ4n) is 4.21. The molecule has 4 rings (SSSR count). The summed E-state index contributed by atoms with van der Waals surface area (Å²) in [7, 11) is 1.67. The van der Waals surface area contributed by atoms with E-state index in [1.165, 1.54) is 16.4 Å². The number of aryl methyl sites for hydroxylation is 1. The molecule has 1 aliphatic heterocycles. The summed E-state index contributed by atoms with van der Waals surface area (Å²) in [6.45, 7) is 1.60. The summed E-state index contributed by atoms with van der Waals surface area (Å²) >= 11 is 1.26. The largest absolute Gasteiger partial charge is 0.327 e. The minimum atomic E-state index is -0.775. The number of amides is 4. The van der Waals surface area contributed by atoms with Gasteiger partial charge in [0.15, 0.2) is 0 Å². The molecule has 1 saturated heterocycles. The highest BCUT2D eigenvalue weighted by atomic mass is 32.1. The number of benzene rings is 1. The van der Waals surface area contributed by atoms with Crippen molar-refractivity contribution in [3.63, 3.8) is 0 Å². The Hall–Kier alpha value is -2.81. The molecule has 8 nitrogen and oxygen atoms in total. The van der Waals surface area contributed by atoms with E-state index in [1.54, 1.807) is 7.05 Å². The summed E-state index contributed by atoms with van der Waals surface area (Å²) in [5, 5.41) is 8.72. The first-order chi connectivity index (χ1) is 13.9. The lowest BCUT2D eigenvalue weighted by molar-refractivity contribution is -0.136. The van der Waals surface area contributed by atoms with Crippen LogP contribution in [-0.4, -0.2) is 56.4 Å². The molecule has 0 bridgehead atoms. The van der Waals surface area contributed by atoms with E-state index in [-0.39, 0.29) is 12.5 Å². The molecule has 2 heterocycles. The Bertz CT molecular complexity index is 953. The maximum Gasteiger partial charge on any atom is 0.327 e. The molecule has 1 aromatic carbocycles. The minimum Gasteiger partial charge on any atom is -0.324 e. The standard InChI is InChI=1S/C20H23N5O3S/c1-13-6-7-14(16-12-29-23-22-16)10-15(13)21-17(26)11-25-18(27)20(24(2)19(25)28)8-4-3-5-9-20/h6-7,10,12H,3-5,8-9,11H2,1-2H3,(H,21,26). The second-order valence-corrected chi connectivity index (χ2v) is 8.30. The van der Waals surface area contributed by atoms with Gasteiger partial charge in [-0.2, -0.15) is 0 Å². The fraction of sp³-hybridized carbons (Fsp3) is 0.450. The van der Waals surface area contributed by atoms with Gasteiger partial charge >= 0.3 is 6.03 Å². The molecule has 0 atom stereocenters. The smallest absolute Gasteiger partial charge is 0.324 e. The van der Waals surface area contributed by atoms with Gasteiger partial charge in [-0.1, -0.05) is 35.9 Å². The van der Waals surface area contributed by atoms with Gasteiger partial charge in [-0.25, -0.2) is 4.79 Å². The molecule has 0 radical (unpaired) electrons. The number of imide groups is 1. The van der Waals surface area contributed by atoms with Crippen molar-refractivity contribution in [1.82, 2.24) is 19.4 Å². The fourth-order valence-corrected chi connectivity index (χ4v) is 4.68. The number of urea groups is 1. The Labute approximate surface area is 173 Å². The summed E-state index contributed by atoms with van der Waals surface area (Å²) in [6.07, 6.45) is 4.23. The van der Waals surface area contributed by atoms with Crippen LogP contribution in [0, 0.1) is 6.92 Å². The van der Waals surface area contributed by atoms with Crippen LogP contribution in [0.25, 0.3) is 11.3 Å². The maximum atomic E-state index is 13.0. The number of hydrogen-bond acceptors (Lipinski definition) is 6. The number of nitrogens with zero attached hydrogens (tertiary/aromatic N) is 4. The first-order valence-corrected chi connectivity index (χ1v) is 10.5. The molecule has 4 amide bonds. The first kappa shape index (κ1) is 19.5. The zero-order valence-electron chi connectivity index (χ0n) is 16.5. The summed E-state index contributed by atoms with van der Waals surface area (Å²) in [6, 6.07) is 5.23. The average Bonchev–Trinajstić information content (AvgIpc) is 3.31. The van der Waals surface area contributed by atoms with E-state index in [9.17, 15) is 14.4 Å². The van der Waals surface area contributed by atoms with Crippen LogP contribution >= 0.6 is 11.5 Å². The van der Waals surface area contributed by atoms with Crippen LogP contribution in [0.1, 0.15) is 37.7 Å². The van der Waals surface area contributed by atoms with Crippen molar-refractivity contribution in [3.05, 3.63) is 29.1 Å². The van der Waals surface area contributed by atoms with Crippen molar-refractivity contribution >= 4 is 35.1 Å². The normalized spacial score (nSPS) is 18.6. The van der Waals surface area contributed by atoms with Crippen LogP contribution in [0.15, 0.2) is 23.6 Å². The lowest BCUT2D eigenvalue weighted by Crippen LogP contribution is -2.49. The highest BCUT2D eigenvalue weighted by Gasteiger charge is 2.55. The van der Waals surface area contributed by atoms with Gasteiger partial charge in [0.1, 0.15) is 17.8 Å². The third-order valence-electron chi connectivity index (χ3n) is 5.95. The number of anilines is 1. The maximum absolute atomic E-state index is 13.0. The van der Waals surface area contributed by atoms with Crippen LogP contribution in [0.5, 0.6) is 0 Å². The quantitative estimate of drug-likeness (QED) is 0.778. The number of carbonyl (C=O) groups excluding carboxylic acids is 3. The Balaban J connectivity index is 1.50. The molecule has 2 fully saturated rings. The van der Waals surface area contributed by atoms with Crippen LogP contribution < -0.4 is 5.32 Å². The Morgan fingerprint density at radius 1 is 1.24 bits per heavy atom. The zero-order valence-corrected chi connectivity index (χ0v) is 17.3. The summed E-state index contributed by atoms with van der Waals surface area (Å²) < 4.78 is 3.86. The lowest BCUT2D eigenvalue weighted by atomic mass is 9.81. The van der Waals surface area contributed by atoms with Gasteiger partial charge in [0.2, 0.25) is 5.91 Å². The van der Waals surface area contributed by atoms with Gasteiger partial charge in [0.25, 0.3) is 5.91 Å². The van der Waals surface area contributed by atoms with Crippen LogP contribution in [0.3, 0.4) is 0 Å². The predicted molar refractivity (Wildman–Crippen MR) is 109 cm³/mol. The van der Waals surface area contributed by atoms with Gasteiger partial charge in [0.05, 0.1) is 0 Å². The minimum absolute atomic E-state index is 0.251. The molecular weight excluding hydrogens is 390 g/mol. The van der Waals surface area contributed by atoms with Crippen molar-refractivity contribution in [3.8, 4) is 11.3 Å². The molecule has 152 valence electrons. The number of likely N-dealkylation sites (N-methyl/N-ethyl adjacent to an activating group) is 1. The molecule has 0 unspecified atom stereocenters. The van der Waals surface area contributed by atoms with E-state index >= 15 is 0 Å². The van der Waals surface area contributed by atoms with Crippen molar-refractivity contribution < 1.29 is 14.4 Å². The van der Waals surface area contributed by atoms with E-state index < -0.39 is 17.5 Å². The molecule has 2 aliphatic rings. The summed E-state index contributed by atoms with van der Waals surface area (Å²) in [5.74, 6) is -0.650. The van der Waals surface area contributed by atoms with Gasteiger partial charge < -0.3 is 10.2 Å². The zero-order chi connectivity index (χ0) is 20.6. The molecular formula is C20H23N5O3S. The van der Waals surface area contributed by atoms with Crippen molar-refractivity contribution in [2.24, 2.45) is 0 Å². The molecule has 29 heavy (non-hydrogen) atoms. The SMILES string of the molecule is Cc1ccc(-c2csnn2)cc1NC(=O)CN1C(=O)N(C)C2(CCCCC2)C1=O. The second kappa shape index (κ2) is 7.55. The Morgan fingerprint density at radius 3 is 2.69 bits per heavy atom. The average molecular weight is 414 g/mol. The van der Waals surface area contributed by atoms with Gasteiger partial charge in [-0.15, -0.1) is 5.10 Å². The van der Waals surface area contributed by atoms with E-state index in [1.807, 2.05) is 30.5 Å². The van der Waals surface area contributed by atoms with E-state index in [0.717, 1.165) is 41.0 Å². The van der Waals surface area contributed by atoms with E-state index in [0.29, 0.717) is 18.5 Å². The highest BCUT2D eigenvalue weighted by Crippen LogP contribution is 2.39. The number of hydrogen-bond donors (Lipinski definition) is 1. The van der Waals surface area contributed by atoms with Crippen molar-refractivity contribution in [2.45, 2.75) is 44.6 Å². The van der Waals surface area contributed by atoms with Crippen LogP contribution in [0.2, 0.25) is 0 Å². The van der Waals surface area contributed by atoms with Gasteiger partial charge in [-0.05, 0) is 42.9 Å². The van der Waals surface area contributed by atoms with Crippen LogP contribution in [-0.2, 0) is 9.59 Å². The van der Waals surface area contributed by atoms with E-state index in [2.05, 4.69) is 14.9 Å². The summed E-state index contributed by atoms with van der Waals surface area (Å²) in [4.78, 5) is 41.0. The molecule has 2 aromatic rings. The highest BCUT2D eigenvalue weighted by molar-refractivity contribution is 7.03. The lowest BCUT2D eigenvalue weighted by Gasteiger charge is -2.35. The van der Waals surface area contributed by atoms with Crippen molar-refractivity contribution in [2.75, 3.05) is 18.9 Å².